The molecule has 0 saturated carbocycles. The van der Waals surface area contributed by atoms with Crippen molar-refractivity contribution in [3.8, 4) is 0 Å². The van der Waals surface area contributed by atoms with Crippen LogP contribution in [0.5, 0.6) is 0 Å². The Bertz CT molecular complexity index is 297. The van der Waals surface area contributed by atoms with Gasteiger partial charge in [0.2, 0.25) is 0 Å². The van der Waals surface area contributed by atoms with Gasteiger partial charge < -0.3 is 4.74 Å². The number of aldehydes is 1. The van der Waals surface area contributed by atoms with Crippen LogP contribution in [0.1, 0.15) is 27.1 Å². The van der Waals surface area contributed by atoms with Crippen molar-refractivity contribution >= 4 is 23.8 Å². The van der Waals surface area contributed by atoms with Crippen molar-refractivity contribution in [3.63, 3.8) is 0 Å². The molecule has 0 atom stereocenters. The van der Waals surface area contributed by atoms with Crippen LogP contribution in [0.4, 0.5) is 0 Å². The van der Waals surface area contributed by atoms with Gasteiger partial charge in [0.25, 0.3) is 0 Å². The van der Waals surface area contributed by atoms with Crippen molar-refractivity contribution in [2.45, 2.75) is 6.92 Å². The van der Waals surface area contributed by atoms with E-state index in [-0.39, 0.29) is 17.2 Å². The van der Waals surface area contributed by atoms with Crippen molar-refractivity contribution in [3.05, 3.63) is 10.6 Å². The van der Waals surface area contributed by atoms with Gasteiger partial charge in [-0.25, -0.2) is 4.79 Å². The SMILES string of the molecule is CCOC(=O)c1snnc1C=O. The lowest BCUT2D eigenvalue weighted by Crippen LogP contribution is -2.05. The standard InChI is InChI=1S/C6H6N2O3S/c1-2-11-6(10)5-4(3-9)7-8-12-5/h3H,2H2,1H3. The van der Waals surface area contributed by atoms with Gasteiger partial charge in [-0.15, -0.1) is 5.10 Å². The van der Waals surface area contributed by atoms with Crippen molar-refractivity contribution in [1.29, 1.82) is 0 Å². The van der Waals surface area contributed by atoms with Crippen molar-refractivity contribution in [2.24, 2.45) is 0 Å². The highest BCUT2D eigenvalue weighted by Crippen LogP contribution is 2.09. The maximum absolute atomic E-state index is 11.0. The summed E-state index contributed by atoms with van der Waals surface area (Å²) in [5.41, 5.74) is 0.0402. The van der Waals surface area contributed by atoms with Gasteiger partial charge in [0.15, 0.2) is 16.9 Å². The van der Waals surface area contributed by atoms with Crippen LogP contribution in [-0.4, -0.2) is 28.4 Å². The summed E-state index contributed by atoms with van der Waals surface area (Å²) in [6, 6.07) is 0. The fraction of sp³-hybridized carbons (Fsp3) is 0.333. The normalized spacial score (nSPS) is 9.42. The molecule has 5 nitrogen and oxygen atoms in total. The largest absolute Gasteiger partial charge is 0.462 e. The van der Waals surface area contributed by atoms with E-state index < -0.39 is 5.97 Å². The summed E-state index contributed by atoms with van der Waals surface area (Å²) in [5, 5.41) is 3.44. The summed E-state index contributed by atoms with van der Waals surface area (Å²) >= 11 is 0.855. The Hall–Kier alpha value is -1.30. The second-order valence-corrected chi connectivity index (χ2v) is 2.58. The Labute approximate surface area is 72.5 Å². The highest BCUT2D eigenvalue weighted by Gasteiger charge is 2.16. The van der Waals surface area contributed by atoms with Gasteiger partial charge in [-0.1, -0.05) is 4.49 Å². The van der Waals surface area contributed by atoms with Crippen LogP contribution >= 0.6 is 11.5 Å². The molecule has 64 valence electrons. The van der Waals surface area contributed by atoms with Crippen LogP contribution in [-0.2, 0) is 4.74 Å². The molecule has 0 radical (unpaired) electrons. The van der Waals surface area contributed by atoms with E-state index in [9.17, 15) is 9.59 Å². The first-order valence-corrected chi connectivity index (χ1v) is 4.01. The molecule has 1 aromatic rings. The third-order valence-corrected chi connectivity index (χ3v) is 1.81. The zero-order chi connectivity index (χ0) is 8.97. The Kier molecular flexibility index (Phi) is 2.87. The highest BCUT2D eigenvalue weighted by molar-refractivity contribution is 7.08. The molecule has 0 fully saturated rings. The first-order chi connectivity index (χ1) is 5.79. The number of carbonyl (C=O) groups excluding carboxylic acids is 2. The lowest BCUT2D eigenvalue weighted by molar-refractivity contribution is 0.0529. The van der Waals surface area contributed by atoms with E-state index in [2.05, 4.69) is 14.3 Å². The molecule has 6 heteroatoms. The van der Waals surface area contributed by atoms with Gasteiger partial charge in [-0.05, 0) is 18.5 Å². The molecular weight excluding hydrogens is 180 g/mol. The predicted octanol–water partition coefficient (Wildman–Crippen LogP) is 0.527. The molecule has 0 unspecified atom stereocenters. The second kappa shape index (κ2) is 3.91. The number of rotatable bonds is 3. The summed E-state index contributed by atoms with van der Waals surface area (Å²) in [7, 11) is 0. The van der Waals surface area contributed by atoms with E-state index >= 15 is 0 Å². The summed E-state index contributed by atoms with van der Waals surface area (Å²) in [6.07, 6.45) is 0.482. The number of hydrogen-bond acceptors (Lipinski definition) is 6. The average molecular weight is 186 g/mol. The molecular formula is C6H6N2O3S. The van der Waals surface area contributed by atoms with Crippen molar-refractivity contribution in [2.75, 3.05) is 6.61 Å². The number of esters is 1. The zero-order valence-corrected chi connectivity index (χ0v) is 7.13. The van der Waals surface area contributed by atoms with Gasteiger partial charge in [-0.2, -0.15) is 0 Å². The molecule has 0 aliphatic heterocycles. The third-order valence-electron chi connectivity index (χ3n) is 1.09. The van der Waals surface area contributed by atoms with Crippen LogP contribution < -0.4 is 0 Å². The predicted molar refractivity (Wildman–Crippen MR) is 41.3 cm³/mol. The first kappa shape index (κ1) is 8.79. The van der Waals surface area contributed by atoms with Gasteiger partial charge >= 0.3 is 5.97 Å². The van der Waals surface area contributed by atoms with Crippen LogP contribution in [0.3, 0.4) is 0 Å². The number of carbonyl (C=O) groups is 2. The lowest BCUT2D eigenvalue weighted by atomic mass is 10.4. The molecule has 0 amide bonds. The molecule has 0 bridgehead atoms. The fourth-order valence-corrected chi connectivity index (χ4v) is 1.14. The number of ether oxygens (including phenoxy) is 1. The lowest BCUT2D eigenvalue weighted by Gasteiger charge is -1.96. The van der Waals surface area contributed by atoms with Gasteiger partial charge in [0.1, 0.15) is 0 Å². The molecule has 1 heterocycles. The number of aromatic nitrogens is 2. The summed E-state index contributed by atoms with van der Waals surface area (Å²) in [4.78, 5) is 21.5. The molecule has 0 aromatic carbocycles. The van der Waals surface area contributed by atoms with Gasteiger partial charge in [0, 0.05) is 0 Å². The maximum Gasteiger partial charge on any atom is 0.352 e. The smallest absolute Gasteiger partial charge is 0.352 e. The van der Waals surface area contributed by atoms with Gasteiger partial charge in [0.05, 0.1) is 6.61 Å². The molecule has 1 aromatic heterocycles. The molecule has 0 saturated heterocycles. The molecule has 0 N–H and O–H groups in total. The van der Waals surface area contributed by atoms with Crippen LogP contribution in [0.15, 0.2) is 0 Å². The van der Waals surface area contributed by atoms with Crippen LogP contribution in [0.2, 0.25) is 0 Å². The quantitative estimate of drug-likeness (QED) is 0.508. The van der Waals surface area contributed by atoms with Crippen molar-refractivity contribution < 1.29 is 14.3 Å². The minimum absolute atomic E-state index is 0.0402. The van der Waals surface area contributed by atoms with E-state index in [1.165, 1.54) is 0 Å². The minimum atomic E-state index is -0.547. The Morgan fingerprint density at radius 3 is 3.08 bits per heavy atom. The third kappa shape index (κ3) is 1.65. The molecule has 0 aliphatic rings. The van der Waals surface area contributed by atoms with E-state index in [0.717, 1.165) is 11.5 Å². The molecule has 1 rings (SSSR count). The van der Waals surface area contributed by atoms with Crippen LogP contribution in [0, 0.1) is 0 Å². The Morgan fingerprint density at radius 1 is 1.75 bits per heavy atom. The highest BCUT2D eigenvalue weighted by atomic mass is 32.1. The zero-order valence-electron chi connectivity index (χ0n) is 6.31. The topological polar surface area (TPSA) is 69.2 Å². The monoisotopic (exact) mass is 186 g/mol. The van der Waals surface area contributed by atoms with Crippen LogP contribution in [0.25, 0.3) is 0 Å². The van der Waals surface area contributed by atoms with E-state index in [1.54, 1.807) is 6.92 Å². The Morgan fingerprint density at radius 2 is 2.50 bits per heavy atom. The average Bonchev–Trinajstić information content (AvgIpc) is 2.51. The summed E-state index contributed by atoms with van der Waals surface area (Å²) in [5.74, 6) is -0.547. The van der Waals surface area contributed by atoms with E-state index in [4.69, 9.17) is 0 Å². The number of nitrogens with zero attached hydrogens (tertiary/aromatic N) is 2. The fourth-order valence-electron chi connectivity index (χ4n) is 0.613. The number of hydrogen-bond donors (Lipinski definition) is 0. The Balaban J connectivity index is 2.86. The summed E-state index contributed by atoms with van der Waals surface area (Å²) in [6.45, 7) is 1.96. The molecule has 12 heavy (non-hydrogen) atoms. The minimum Gasteiger partial charge on any atom is -0.462 e. The first-order valence-electron chi connectivity index (χ1n) is 3.24. The maximum atomic E-state index is 11.0. The van der Waals surface area contributed by atoms with Crippen molar-refractivity contribution in [1.82, 2.24) is 9.59 Å². The molecule has 0 spiro atoms. The summed E-state index contributed by atoms with van der Waals surface area (Å²) < 4.78 is 8.12. The van der Waals surface area contributed by atoms with E-state index in [1.807, 2.05) is 0 Å². The van der Waals surface area contributed by atoms with E-state index in [0.29, 0.717) is 6.29 Å². The second-order valence-electron chi connectivity index (χ2n) is 1.83. The van der Waals surface area contributed by atoms with Gasteiger partial charge in [-0.3, -0.25) is 4.79 Å². The molecule has 0 aliphatic carbocycles.